The molecule has 2 atom stereocenters. The van der Waals surface area contributed by atoms with E-state index < -0.39 is 11.9 Å². The molecule has 1 aliphatic rings. The van der Waals surface area contributed by atoms with Gasteiger partial charge in [-0.05, 0) is 29.7 Å². The number of nitrogens with zero attached hydrogens (tertiary/aromatic N) is 3. The SMILES string of the molecule is Nc1nc2n(n1)CC(c1ccc(OCc3ccccc3)cc1)CC2C(=O)O. The molecule has 4 rings (SSSR count). The molecule has 2 aromatic carbocycles. The first-order chi connectivity index (χ1) is 13.1. The number of benzene rings is 2. The molecule has 2 unspecified atom stereocenters. The van der Waals surface area contributed by atoms with Gasteiger partial charge in [-0.1, -0.05) is 42.5 Å². The first-order valence-electron chi connectivity index (χ1n) is 8.80. The normalized spacial score (nSPS) is 18.7. The number of hydrogen-bond acceptors (Lipinski definition) is 5. The zero-order valence-electron chi connectivity index (χ0n) is 14.7. The lowest BCUT2D eigenvalue weighted by molar-refractivity contribution is -0.139. The molecular weight excluding hydrogens is 344 g/mol. The maximum atomic E-state index is 11.6. The lowest BCUT2D eigenvalue weighted by Gasteiger charge is -2.27. The number of anilines is 1. The molecule has 0 spiro atoms. The highest BCUT2D eigenvalue weighted by atomic mass is 16.5. The number of rotatable bonds is 5. The Labute approximate surface area is 156 Å². The Kier molecular flexibility index (Phi) is 4.50. The Balaban J connectivity index is 1.48. The lowest BCUT2D eigenvalue weighted by Crippen LogP contribution is -2.28. The number of carbonyl (C=O) groups is 1. The molecular formula is C20H20N4O3. The van der Waals surface area contributed by atoms with Crippen molar-refractivity contribution < 1.29 is 14.6 Å². The second kappa shape index (κ2) is 7.11. The van der Waals surface area contributed by atoms with Gasteiger partial charge in [-0.15, -0.1) is 5.10 Å². The average molecular weight is 364 g/mol. The number of aliphatic carboxylic acids is 1. The summed E-state index contributed by atoms with van der Waals surface area (Å²) in [7, 11) is 0. The molecule has 1 aromatic heterocycles. The fourth-order valence-electron chi connectivity index (χ4n) is 3.47. The molecule has 0 fully saturated rings. The lowest BCUT2D eigenvalue weighted by atomic mass is 9.85. The number of carboxylic acids is 1. The maximum absolute atomic E-state index is 11.6. The molecule has 0 bridgehead atoms. The fourth-order valence-corrected chi connectivity index (χ4v) is 3.47. The second-order valence-electron chi connectivity index (χ2n) is 6.68. The third-order valence-electron chi connectivity index (χ3n) is 4.84. The van der Waals surface area contributed by atoms with Gasteiger partial charge in [0.1, 0.15) is 24.1 Å². The summed E-state index contributed by atoms with van der Waals surface area (Å²) >= 11 is 0. The fraction of sp³-hybridized carbons (Fsp3) is 0.250. The summed E-state index contributed by atoms with van der Waals surface area (Å²) in [6.07, 6.45) is 0.470. The largest absolute Gasteiger partial charge is 0.489 e. The van der Waals surface area contributed by atoms with E-state index in [0.717, 1.165) is 16.9 Å². The number of fused-ring (bicyclic) bond motifs is 1. The highest BCUT2D eigenvalue weighted by Gasteiger charge is 2.35. The monoisotopic (exact) mass is 364 g/mol. The molecule has 138 valence electrons. The third-order valence-corrected chi connectivity index (χ3v) is 4.84. The molecule has 2 heterocycles. The van der Waals surface area contributed by atoms with Gasteiger partial charge < -0.3 is 15.6 Å². The summed E-state index contributed by atoms with van der Waals surface area (Å²) in [6.45, 7) is 1.07. The van der Waals surface area contributed by atoms with E-state index in [0.29, 0.717) is 25.4 Å². The van der Waals surface area contributed by atoms with Crippen LogP contribution in [0, 0.1) is 0 Å². The molecule has 3 N–H and O–H groups in total. The van der Waals surface area contributed by atoms with Crippen molar-refractivity contribution in [3.63, 3.8) is 0 Å². The molecule has 27 heavy (non-hydrogen) atoms. The third kappa shape index (κ3) is 3.62. The highest BCUT2D eigenvalue weighted by Crippen LogP contribution is 2.36. The maximum Gasteiger partial charge on any atom is 0.314 e. The van der Waals surface area contributed by atoms with E-state index in [9.17, 15) is 9.90 Å². The minimum atomic E-state index is -0.906. The summed E-state index contributed by atoms with van der Waals surface area (Å²) in [5, 5.41) is 13.7. The molecule has 0 amide bonds. The summed E-state index contributed by atoms with van der Waals surface area (Å²) < 4.78 is 7.43. The molecule has 3 aromatic rings. The number of aromatic nitrogens is 3. The van der Waals surface area contributed by atoms with E-state index in [1.54, 1.807) is 4.68 Å². The number of carboxylic acid groups (broad SMARTS) is 1. The van der Waals surface area contributed by atoms with Crippen molar-refractivity contribution >= 4 is 11.9 Å². The van der Waals surface area contributed by atoms with Crippen molar-refractivity contribution in [1.29, 1.82) is 0 Å². The standard InChI is InChI=1S/C20H20N4O3/c21-20-22-18-17(19(25)26)10-15(11-24(18)23-20)14-6-8-16(9-7-14)27-12-13-4-2-1-3-5-13/h1-9,15,17H,10-12H2,(H2,21,23)(H,25,26). The zero-order chi connectivity index (χ0) is 18.8. The number of nitrogens with two attached hydrogens (primary N) is 1. The summed E-state index contributed by atoms with van der Waals surface area (Å²) in [4.78, 5) is 15.7. The van der Waals surface area contributed by atoms with Crippen LogP contribution in [-0.2, 0) is 17.9 Å². The van der Waals surface area contributed by atoms with Gasteiger partial charge in [0, 0.05) is 5.92 Å². The molecule has 7 heteroatoms. The summed E-state index contributed by atoms with van der Waals surface area (Å²) in [5.41, 5.74) is 7.81. The Morgan fingerprint density at radius 3 is 2.63 bits per heavy atom. The van der Waals surface area contributed by atoms with Gasteiger partial charge in [-0.2, -0.15) is 4.98 Å². The van der Waals surface area contributed by atoms with E-state index in [2.05, 4.69) is 10.1 Å². The molecule has 0 saturated carbocycles. The second-order valence-corrected chi connectivity index (χ2v) is 6.68. The first-order valence-corrected chi connectivity index (χ1v) is 8.80. The minimum Gasteiger partial charge on any atom is -0.489 e. The Morgan fingerprint density at radius 1 is 1.19 bits per heavy atom. The predicted molar refractivity (Wildman–Crippen MR) is 99.4 cm³/mol. The van der Waals surface area contributed by atoms with Crippen LogP contribution in [0.15, 0.2) is 54.6 Å². The molecule has 0 aliphatic carbocycles. The Hall–Kier alpha value is -3.35. The van der Waals surface area contributed by atoms with Crippen LogP contribution >= 0.6 is 0 Å². The number of ether oxygens (including phenoxy) is 1. The van der Waals surface area contributed by atoms with Crippen LogP contribution in [0.5, 0.6) is 5.75 Å². The van der Waals surface area contributed by atoms with Crippen LogP contribution in [0.2, 0.25) is 0 Å². The predicted octanol–water partition coefficient (Wildman–Crippen LogP) is 2.80. The zero-order valence-corrected chi connectivity index (χ0v) is 14.7. The van der Waals surface area contributed by atoms with Gasteiger partial charge in [0.2, 0.25) is 5.95 Å². The van der Waals surface area contributed by atoms with Gasteiger partial charge in [0.15, 0.2) is 0 Å². The topological polar surface area (TPSA) is 103 Å². The summed E-state index contributed by atoms with van der Waals surface area (Å²) in [6, 6.07) is 17.8. The van der Waals surface area contributed by atoms with Gasteiger partial charge >= 0.3 is 5.97 Å². The van der Waals surface area contributed by atoms with E-state index in [1.807, 2.05) is 54.6 Å². The van der Waals surface area contributed by atoms with Gasteiger partial charge in [-0.25, -0.2) is 4.68 Å². The van der Waals surface area contributed by atoms with E-state index in [-0.39, 0.29) is 11.9 Å². The first kappa shape index (κ1) is 17.1. The number of nitrogen functional groups attached to an aromatic ring is 1. The quantitative estimate of drug-likeness (QED) is 0.721. The van der Waals surface area contributed by atoms with Gasteiger partial charge in [0.25, 0.3) is 0 Å². The van der Waals surface area contributed by atoms with Crippen molar-refractivity contribution in [2.45, 2.75) is 31.4 Å². The van der Waals surface area contributed by atoms with Crippen molar-refractivity contribution in [2.24, 2.45) is 0 Å². The molecule has 0 saturated heterocycles. The van der Waals surface area contributed by atoms with E-state index in [1.165, 1.54) is 0 Å². The van der Waals surface area contributed by atoms with Crippen molar-refractivity contribution in [2.75, 3.05) is 5.73 Å². The molecule has 0 radical (unpaired) electrons. The van der Waals surface area contributed by atoms with Crippen LogP contribution in [0.4, 0.5) is 5.95 Å². The van der Waals surface area contributed by atoms with Crippen LogP contribution in [0.1, 0.15) is 35.2 Å². The molecule has 1 aliphatic heterocycles. The van der Waals surface area contributed by atoms with Gasteiger partial charge in [0.05, 0.1) is 6.54 Å². The van der Waals surface area contributed by atoms with Gasteiger partial charge in [-0.3, -0.25) is 4.79 Å². The van der Waals surface area contributed by atoms with E-state index in [4.69, 9.17) is 10.5 Å². The Morgan fingerprint density at radius 2 is 1.93 bits per heavy atom. The van der Waals surface area contributed by atoms with E-state index >= 15 is 0 Å². The van der Waals surface area contributed by atoms with Crippen LogP contribution in [0.25, 0.3) is 0 Å². The van der Waals surface area contributed by atoms with Crippen molar-refractivity contribution in [3.05, 3.63) is 71.5 Å². The highest BCUT2D eigenvalue weighted by molar-refractivity contribution is 5.75. The summed E-state index contributed by atoms with van der Waals surface area (Å²) in [5.74, 6) is -0.263. The average Bonchev–Trinajstić information content (AvgIpc) is 3.06. The van der Waals surface area contributed by atoms with Crippen LogP contribution < -0.4 is 10.5 Å². The van der Waals surface area contributed by atoms with Crippen LogP contribution in [-0.4, -0.2) is 25.8 Å². The van der Waals surface area contributed by atoms with Crippen molar-refractivity contribution in [3.8, 4) is 5.75 Å². The Bertz CT molecular complexity index is 938. The minimum absolute atomic E-state index is 0.0304. The molecule has 7 nitrogen and oxygen atoms in total. The number of hydrogen-bond donors (Lipinski definition) is 2. The van der Waals surface area contributed by atoms with Crippen LogP contribution in [0.3, 0.4) is 0 Å². The van der Waals surface area contributed by atoms with Crippen molar-refractivity contribution in [1.82, 2.24) is 14.8 Å². The smallest absolute Gasteiger partial charge is 0.314 e.